The molecule has 0 spiro atoms. The van der Waals surface area contributed by atoms with Crippen LogP contribution < -0.4 is 10.4 Å². The van der Waals surface area contributed by atoms with Crippen LogP contribution in [0, 0.1) is 12.1 Å². The van der Waals surface area contributed by atoms with Gasteiger partial charge in [-0.1, -0.05) is 36.4 Å². The molecule has 0 aromatic heterocycles. The summed E-state index contributed by atoms with van der Waals surface area (Å²) < 4.78 is 0. The van der Waals surface area contributed by atoms with Gasteiger partial charge < -0.3 is 0 Å². The van der Waals surface area contributed by atoms with Crippen LogP contribution in [0.2, 0.25) is 0 Å². The molecule has 0 fully saturated rings. The molecule has 0 bridgehead atoms. The zero-order valence-corrected chi connectivity index (χ0v) is 7.88. The Morgan fingerprint density at radius 3 is 2.93 bits per heavy atom. The van der Waals surface area contributed by atoms with E-state index in [2.05, 4.69) is 42.5 Å². The van der Waals surface area contributed by atoms with Gasteiger partial charge in [-0.3, -0.25) is 0 Å². The summed E-state index contributed by atoms with van der Waals surface area (Å²) in [5.74, 6) is 0. The Hall–Kier alpha value is -1.56. The Kier molecular flexibility index (Phi) is 1.66. The summed E-state index contributed by atoms with van der Waals surface area (Å²) in [6.07, 6.45) is 6.96. The Morgan fingerprint density at radius 1 is 1.00 bits per heavy atom. The molecule has 2 aromatic rings. The summed E-state index contributed by atoms with van der Waals surface area (Å²) in [5, 5.41) is 5.21. The highest BCUT2D eigenvalue weighted by Gasteiger charge is 1.98. The number of fused-ring (bicyclic) bond motifs is 3. The van der Waals surface area contributed by atoms with Gasteiger partial charge in [0.15, 0.2) is 0 Å². The molecule has 0 heteroatoms. The van der Waals surface area contributed by atoms with Crippen molar-refractivity contribution in [3.8, 4) is 0 Å². The summed E-state index contributed by atoms with van der Waals surface area (Å²) in [4.78, 5) is 0. The molecule has 1 aliphatic rings. The zero-order valence-electron chi connectivity index (χ0n) is 7.88. The predicted molar refractivity (Wildman–Crippen MR) is 59.0 cm³/mol. The fourth-order valence-electron chi connectivity index (χ4n) is 2.06. The molecule has 0 saturated heterocycles. The Balaban J connectivity index is 2.60. The largest absolute Gasteiger partial charge is 0.0763 e. The van der Waals surface area contributed by atoms with Crippen LogP contribution in [0.25, 0.3) is 22.9 Å². The quantitative estimate of drug-likeness (QED) is 0.577. The highest BCUT2D eigenvalue weighted by atomic mass is 14.0. The maximum atomic E-state index is 3.14. The predicted octanol–water partition coefficient (Wildman–Crippen LogP) is 1.79. The van der Waals surface area contributed by atoms with Gasteiger partial charge >= 0.3 is 0 Å². The third-order valence-corrected chi connectivity index (χ3v) is 2.74. The molecule has 0 unspecified atom stereocenters. The van der Waals surface area contributed by atoms with E-state index in [0.29, 0.717) is 0 Å². The van der Waals surface area contributed by atoms with Crippen molar-refractivity contribution in [1.29, 1.82) is 0 Å². The number of hydrogen-bond acceptors (Lipinski definition) is 0. The van der Waals surface area contributed by atoms with Crippen molar-refractivity contribution >= 4 is 22.9 Å². The van der Waals surface area contributed by atoms with Gasteiger partial charge in [-0.25, -0.2) is 0 Å². The fraction of sp³-hybridized carbons (Fsp3) is 0.143. The number of benzene rings is 2. The SMILES string of the molecule is [c]1[c]c2ccc3c(c2cc1)=CCCC=3. The summed E-state index contributed by atoms with van der Waals surface area (Å²) in [7, 11) is 0. The van der Waals surface area contributed by atoms with Gasteiger partial charge in [0.2, 0.25) is 0 Å². The van der Waals surface area contributed by atoms with Gasteiger partial charge in [-0.15, -0.1) is 0 Å². The highest BCUT2D eigenvalue weighted by molar-refractivity contribution is 5.83. The normalized spacial score (nSPS) is 14.3. The van der Waals surface area contributed by atoms with E-state index < -0.39 is 0 Å². The molecule has 0 nitrogen and oxygen atoms in total. The van der Waals surface area contributed by atoms with Crippen molar-refractivity contribution in [3.05, 3.63) is 46.8 Å². The topological polar surface area (TPSA) is 0 Å². The Labute approximate surface area is 83.2 Å². The van der Waals surface area contributed by atoms with Gasteiger partial charge in [-0.2, -0.15) is 0 Å². The van der Waals surface area contributed by atoms with Gasteiger partial charge in [-0.05, 0) is 46.2 Å². The van der Waals surface area contributed by atoms with Crippen molar-refractivity contribution in [2.45, 2.75) is 12.8 Å². The Bertz CT molecular complexity index is 591. The highest BCUT2D eigenvalue weighted by Crippen LogP contribution is 2.07. The molecule has 1 aliphatic carbocycles. The van der Waals surface area contributed by atoms with Crippen LogP contribution in [-0.4, -0.2) is 0 Å². The van der Waals surface area contributed by atoms with Crippen LogP contribution in [0.1, 0.15) is 12.8 Å². The summed E-state index contributed by atoms with van der Waals surface area (Å²) in [5.41, 5.74) is 0. The van der Waals surface area contributed by atoms with E-state index in [9.17, 15) is 0 Å². The van der Waals surface area contributed by atoms with Crippen molar-refractivity contribution in [3.63, 3.8) is 0 Å². The molecule has 0 atom stereocenters. The zero-order chi connectivity index (χ0) is 9.38. The van der Waals surface area contributed by atoms with Crippen molar-refractivity contribution in [1.82, 2.24) is 0 Å². The summed E-state index contributed by atoms with van der Waals surface area (Å²) >= 11 is 0. The van der Waals surface area contributed by atoms with E-state index in [4.69, 9.17) is 0 Å². The molecule has 0 N–H and O–H groups in total. The monoisotopic (exact) mass is 178 g/mol. The van der Waals surface area contributed by atoms with Crippen LogP contribution in [0.3, 0.4) is 0 Å². The molecule has 0 aliphatic heterocycles. The van der Waals surface area contributed by atoms with Gasteiger partial charge in [0.05, 0.1) is 0 Å². The van der Waals surface area contributed by atoms with Crippen molar-refractivity contribution in [2.75, 3.05) is 0 Å². The molecule has 0 heterocycles. The van der Waals surface area contributed by atoms with E-state index in [1.54, 1.807) is 0 Å². The molecule has 2 aromatic carbocycles. The van der Waals surface area contributed by atoms with Crippen LogP contribution in [0.5, 0.6) is 0 Å². The first-order valence-corrected chi connectivity index (χ1v) is 4.97. The second-order valence-corrected chi connectivity index (χ2v) is 3.62. The molecule has 14 heavy (non-hydrogen) atoms. The minimum atomic E-state index is 1.16. The lowest BCUT2D eigenvalue weighted by Crippen LogP contribution is -2.26. The van der Waals surface area contributed by atoms with E-state index in [-0.39, 0.29) is 0 Å². The standard InChI is InChI=1S/C14H10/c1-3-7-13-11(5-1)9-10-12-6-2-4-8-14(12)13/h4-5,7-10H,1,3H2. The molecule has 0 saturated carbocycles. The first-order valence-electron chi connectivity index (χ1n) is 4.97. The van der Waals surface area contributed by atoms with E-state index in [1.165, 1.54) is 22.2 Å². The summed E-state index contributed by atoms with van der Waals surface area (Å²) in [6, 6.07) is 14.5. The fourth-order valence-corrected chi connectivity index (χ4v) is 2.06. The van der Waals surface area contributed by atoms with E-state index >= 15 is 0 Å². The maximum absolute atomic E-state index is 3.14. The number of hydrogen-bond donors (Lipinski definition) is 0. The average molecular weight is 178 g/mol. The molecule has 2 radical (unpaired) electrons. The maximum Gasteiger partial charge on any atom is -0.00139 e. The average Bonchev–Trinajstić information content (AvgIpc) is 2.29. The van der Waals surface area contributed by atoms with Gasteiger partial charge in [0, 0.05) is 0 Å². The molecule has 3 rings (SSSR count). The second kappa shape index (κ2) is 2.98. The van der Waals surface area contributed by atoms with Gasteiger partial charge in [0.25, 0.3) is 0 Å². The minimum absolute atomic E-state index is 1.16. The van der Waals surface area contributed by atoms with Gasteiger partial charge in [0.1, 0.15) is 0 Å². The number of rotatable bonds is 0. The van der Waals surface area contributed by atoms with Crippen molar-refractivity contribution < 1.29 is 0 Å². The first kappa shape index (κ1) is 7.81. The third-order valence-electron chi connectivity index (χ3n) is 2.74. The lowest BCUT2D eigenvalue weighted by Gasteiger charge is -2.03. The third kappa shape index (κ3) is 1.07. The summed E-state index contributed by atoms with van der Waals surface area (Å²) in [6.45, 7) is 0. The van der Waals surface area contributed by atoms with E-state index in [1.807, 2.05) is 6.07 Å². The van der Waals surface area contributed by atoms with Crippen molar-refractivity contribution in [2.24, 2.45) is 0 Å². The smallest absolute Gasteiger partial charge is 0.00139 e. The second-order valence-electron chi connectivity index (χ2n) is 3.62. The lowest BCUT2D eigenvalue weighted by molar-refractivity contribution is 1.12. The Morgan fingerprint density at radius 2 is 1.93 bits per heavy atom. The van der Waals surface area contributed by atoms with Crippen LogP contribution >= 0.6 is 0 Å². The van der Waals surface area contributed by atoms with Crippen LogP contribution in [0.15, 0.2) is 24.3 Å². The molecular weight excluding hydrogens is 168 g/mol. The van der Waals surface area contributed by atoms with Crippen LogP contribution in [0.4, 0.5) is 0 Å². The van der Waals surface area contributed by atoms with Crippen LogP contribution in [-0.2, 0) is 0 Å². The molecule has 0 amide bonds. The molecule has 66 valence electrons. The first-order chi connectivity index (χ1) is 6.95. The minimum Gasteiger partial charge on any atom is -0.0763 e. The molecular formula is C14H10. The van der Waals surface area contributed by atoms with E-state index in [0.717, 1.165) is 11.8 Å². The lowest BCUT2D eigenvalue weighted by atomic mass is 10.0.